The van der Waals surface area contributed by atoms with Crippen LogP contribution in [0, 0.1) is 58.2 Å². The van der Waals surface area contributed by atoms with Crippen molar-refractivity contribution in [2.24, 2.45) is 0 Å². The summed E-state index contributed by atoms with van der Waals surface area (Å²) in [6.07, 6.45) is 2.32. The molecule has 284 valence electrons. The van der Waals surface area contributed by atoms with Crippen LogP contribution in [-0.2, 0) is 27.9 Å². The molecule has 0 saturated heterocycles. The third-order valence-corrected chi connectivity index (χ3v) is 10.1. The first-order valence-electron chi connectivity index (χ1n) is 15.6. The van der Waals surface area contributed by atoms with Crippen molar-refractivity contribution in [2.45, 2.75) is 57.0 Å². The lowest BCUT2D eigenvalue weighted by molar-refractivity contribution is -0.119. The highest BCUT2D eigenvalue weighted by atomic mass is 32.2. The number of benzene rings is 4. The number of carbonyl (C=O) groups excluding carboxylic acids is 1. The van der Waals surface area contributed by atoms with E-state index in [0.29, 0.717) is 5.56 Å². The number of halogens is 10. The highest BCUT2D eigenvalue weighted by molar-refractivity contribution is 7.89. The Morgan fingerprint density at radius 3 is 1.70 bits per heavy atom. The van der Waals surface area contributed by atoms with Gasteiger partial charge in [-0.05, 0) is 54.2 Å². The number of carboxylic acid groups (broad SMARTS) is 1. The van der Waals surface area contributed by atoms with Gasteiger partial charge in [0, 0.05) is 17.8 Å². The van der Waals surface area contributed by atoms with E-state index in [1.54, 1.807) is 18.2 Å². The first kappa shape index (κ1) is 40.8. The maximum absolute atomic E-state index is 14.9. The number of hydrogen-bond acceptors (Lipinski definition) is 4. The van der Waals surface area contributed by atoms with Gasteiger partial charge in [-0.25, -0.2) is 57.1 Å². The van der Waals surface area contributed by atoms with E-state index in [2.05, 4.69) is 0 Å². The molecule has 0 spiro atoms. The largest absolute Gasteiger partial charge is 0.478 e. The molecule has 4 rings (SSSR count). The van der Waals surface area contributed by atoms with Crippen LogP contribution in [0.25, 0.3) is 0 Å². The molecule has 0 radical (unpaired) electrons. The Hall–Kier alpha value is -4.97. The molecule has 1 unspecified atom stereocenters. The maximum atomic E-state index is 14.9. The fourth-order valence-corrected chi connectivity index (χ4v) is 7.03. The van der Waals surface area contributed by atoms with Gasteiger partial charge in [0.2, 0.25) is 27.6 Å². The highest BCUT2D eigenvalue weighted by Crippen LogP contribution is 2.33. The molecule has 7 nitrogen and oxygen atoms in total. The molecule has 0 bridgehead atoms. The minimum absolute atomic E-state index is 0.0715. The molecule has 0 aliphatic heterocycles. The second kappa shape index (κ2) is 16.4. The van der Waals surface area contributed by atoms with Crippen LogP contribution >= 0.6 is 0 Å². The molecule has 0 aliphatic rings. The Labute approximate surface area is 296 Å². The number of aromatic carboxylic acids is 1. The third-order valence-electron chi connectivity index (χ3n) is 8.33. The summed E-state index contributed by atoms with van der Waals surface area (Å²) in [6, 6.07) is 11.0. The van der Waals surface area contributed by atoms with Crippen LogP contribution in [0.3, 0.4) is 0 Å². The number of hydrogen-bond donors (Lipinski definition) is 1. The van der Waals surface area contributed by atoms with Gasteiger partial charge in [0.05, 0.1) is 18.7 Å². The van der Waals surface area contributed by atoms with Crippen molar-refractivity contribution in [3.63, 3.8) is 0 Å². The highest BCUT2D eigenvalue weighted by Gasteiger charge is 2.40. The zero-order valence-corrected chi connectivity index (χ0v) is 28.4. The fourth-order valence-electron chi connectivity index (χ4n) is 5.56. The molecule has 1 atom stereocenters. The summed E-state index contributed by atoms with van der Waals surface area (Å²) in [6.45, 7) is -0.338. The summed E-state index contributed by atoms with van der Waals surface area (Å²) in [7, 11) is -6.28. The van der Waals surface area contributed by atoms with Crippen molar-refractivity contribution in [3.8, 4) is 0 Å². The molecule has 4 aromatic carbocycles. The Kier molecular flexibility index (Phi) is 12.6. The Bertz CT molecular complexity index is 2110. The molecule has 0 aliphatic carbocycles. The van der Waals surface area contributed by atoms with Crippen LogP contribution in [0.4, 0.5) is 49.6 Å². The van der Waals surface area contributed by atoms with Crippen molar-refractivity contribution in [2.75, 3.05) is 11.4 Å². The minimum atomic E-state index is -6.28. The fraction of sp³-hybridized carbons (Fsp3) is 0.257. The van der Waals surface area contributed by atoms with E-state index in [1.807, 2.05) is 19.9 Å². The van der Waals surface area contributed by atoms with Gasteiger partial charge >= 0.3 is 5.97 Å². The van der Waals surface area contributed by atoms with Crippen LogP contribution in [-0.4, -0.2) is 36.3 Å². The van der Waals surface area contributed by atoms with Gasteiger partial charge in [0.15, 0.2) is 51.4 Å². The molecule has 0 saturated carbocycles. The van der Waals surface area contributed by atoms with Crippen LogP contribution in [0.1, 0.15) is 66.1 Å². The zero-order valence-electron chi connectivity index (χ0n) is 27.6. The monoisotopic (exact) mass is 778 g/mol. The van der Waals surface area contributed by atoms with E-state index >= 15 is 0 Å². The van der Waals surface area contributed by atoms with Crippen molar-refractivity contribution < 1.29 is 67.0 Å². The third kappa shape index (κ3) is 8.17. The van der Waals surface area contributed by atoms with E-state index < -0.39 is 114 Å². The first-order chi connectivity index (χ1) is 24.9. The van der Waals surface area contributed by atoms with E-state index in [-0.39, 0.29) is 17.2 Å². The quantitative estimate of drug-likeness (QED) is 0.0788. The van der Waals surface area contributed by atoms with E-state index in [0.717, 1.165) is 54.0 Å². The van der Waals surface area contributed by atoms with Crippen molar-refractivity contribution >= 4 is 27.6 Å². The van der Waals surface area contributed by atoms with Crippen LogP contribution in [0.5, 0.6) is 0 Å². The molecular weight excluding hydrogens is 750 g/mol. The molecule has 1 amide bonds. The van der Waals surface area contributed by atoms with Crippen LogP contribution in [0.2, 0.25) is 0 Å². The van der Waals surface area contributed by atoms with Crippen LogP contribution < -0.4 is 4.90 Å². The Balaban J connectivity index is 1.91. The summed E-state index contributed by atoms with van der Waals surface area (Å²) in [5.41, 5.74) is -1.12. The van der Waals surface area contributed by atoms with Gasteiger partial charge in [-0.2, -0.15) is 4.31 Å². The lowest BCUT2D eigenvalue weighted by Crippen LogP contribution is -2.43. The zero-order chi connectivity index (χ0) is 39.5. The smallest absolute Gasteiger partial charge is 0.335 e. The maximum Gasteiger partial charge on any atom is 0.335 e. The van der Waals surface area contributed by atoms with Gasteiger partial charge in [0.1, 0.15) is 0 Å². The molecule has 0 fully saturated rings. The first-order valence-corrected chi connectivity index (χ1v) is 17.1. The van der Waals surface area contributed by atoms with E-state index in [1.165, 1.54) is 0 Å². The van der Waals surface area contributed by atoms with Crippen molar-refractivity contribution in [1.82, 2.24) is 4.31 Å². The van der Waals surface area contributed by atoms with Gasteiger partial charge < -0.3 is 10.0 Å². The predicted molar refractivity (Wildman–Crippen MR) is 169 cm³/mol. The molecule has 0 heterocycles. The topological polar surface area (TPSA) is 95.0 Å². The van der Waals surface area contributed by atoms with Crippen LogP contribution in [0.15, 0.2) is 53.4 Å². The van der Waals surface area contributed by atoms with Crippen molar-refractivity contribution in [1.29, 1.82) is 0 Å². The van der Waals surface area contributed by atoms with E-state index in [4.69, 9.17) is 0 Å². The summed E-state index contributed by atoms with van der Waals surface area (Å²) < 4.78 is 171. The lowest BCUT2D eigenvalue weighted by atomic mass is 9.91. The summed E-state index contributed by atoms with van der Waals surface area (Å²) in [4.78, 5) is 23.7. The van der Waals surface area contributed by atoms with Crippen molar-refractivity contribution in [3.05, 3.63) is 129 Å². The lowest BCUT2D eigenvalue weighted by Gasteiger charge is -2.28. The summed E-state index contributed by atoms with van der Waals surface area (Å²) in [5.74, 6) is -30.0. The van der Waals surface area contributed by atoms with Gasteiger partial charge in [-0.3, -0.25) is 4.79 Å². The van der Waals surface area contributed by atoms with Gasteiger partial charge in [0.25, 0.3) is 0 Å². The average Bonchev–Trinajstić information content (AvgIpc) is 3.13. The van der Waals surface area contributed by atoms with Gasteiger partial charge in [-0.15, -0.1) is 0 Å². The predicted octanol–water partition coefficient (Wildman–Crippen LogP) is 8.49. The molecule has 1 N–H and O–H groups in total. The number of nitrogens with zero attached hydrogens (tertiary/aromatic N) is 2. The molecule has 18 heteroatoms. The average molecular weight is 779 g/mol. The number of amides is 1. The van der Waals surface area contributed by atoms with E-state index in [9.17, 15) is 67.0 Å². The number of carboxylic acids is 1. The minimum Gasteiger partial charge on any atom is -0.478 e. The molecular formula is C35H28F10N2O5S. The van der Waals surface area contributed by atoms with Gasteiger partial charge in [-0.1, -0.05) is 44.5 Å². The standard InChI is InChI=1S/C35H28F10N2O5S/c1-3-6-18(4-2)20-8-5-7-17(13-20)14-47(21-11-9-19(10-12-21)35(49)50)23(48)16-46(15-22-24(36)26(38)28(40)27(39)25(22)37)53(51,52)34-32(44)30(42)29(41)31(43)33(34)45/h5,7-13,18H,3-4,6,14-16H2,1-2H3,(H,49,50). The summed E-state index contributed by atoms with van der Waals surface area (Å²) >= 11 is 0. The molecule has 4 aromatic rings. The number of anilines is 1. The normalized spacial score (nSPS) is 12.3. The second-order valence-electron chi connectivity index (χ2n) is 11.7. The SMILES string of the molecule is CCCC(CC)c1cccc(CN(C(=O)CN(Cc2c(F)c(F)c(F)c(F)c2F)S(=O)(=O)c2c(F)c(F)c(F)c(F)c2F)c2ccc(C(=O)O)cc2)c1. The Morgan fingerprint density at radius 1 is 0.698 bits per heavy atom. The Morgan fingerprint density at radius 2 is 1.21 bits per heavy atom. The second-order valence-corrected chi connectivity index (χ2v) is 13.6. The molecule has 53 heavy (non-hydrogen) atoms. The molecule has 0 aromatic heterocycles. The number of rotatable bonds is 14. The summed E-state index contributed by atoms with van der Waals surface area (Å²) in [5, 5.41) is 9.34. The number of sulfonamides is 1. The number of carbonyl (C=O) groups is 2.